The number of carbonyl (C=O) groups is 2. The zero-order valence-corrected chi connectivity index (χ0v) is 12.8. The standard InChI is InChI=1S/C16H18N4O3/c1-8(21)18-15-5-9-4-13(17-7-14(9)23-15)16(22)20-12-6-10-2-3-11(12)19-10/h4-5,7,10-12,19H,2-3,6H2,1H3,(H,18,21)(H,20,22)/t10-,11+,12-/m1/s1. The second kappa shape index (κ2) is 5.34. The van der Waals surface area contributed by atoms with Crippen molar-refractivity contribution in [3.63, 3.8) is 0 Å². The maximum atomic E-state index is 12.4. The number of aromatic nitrogens is 1. The number of amides is 2. The van der Waals surface area contributed by atoms with Crippen LogP contribution in [0.4, 0.5) is 5.88 Å². The van der Waals surface area contributed by atoms with Crippen LogP contribution in [-0.2, 0) is 4.79 Å². The summed E-state index contributed by atoms with van der Waals surface area (Å²) in [5.41, 5.74) is 0.891. The molecule has 4 heterocycles. The van der Waals surface area contributed by atoms with Gasteiger partial charge in [0.15, 0.2) is 5.58 Å². The average Bonchev–Trinajstić information content (AvgIpc) is 3.19. The fourth-order valence-electron chi connectivity index (χ4n) is 3.53. The van der Waals surface area contributed by atoms with E-state index >= 15 is 0 Å². The van der Waals surface area contributed by atoms with Crippen LogP contribution in [0, 0.1) is 0 Å². The third kappa shape index (κ3) is 2.68. The number of hydrogen-bond acceptors (Lipinski definition) is 5. The minimum Gasteiger partial charge on any atom is -0.439 e. The van der Waals surface area contributed by atoms with E-state index in [9.17, 15) is 9.59 Å². The van der Waals surface area contributed by atoms with Gasteiger partial charge in [-0.25, -0.2) is 4.98 Å². The molecule has 7 heteroatoms. The topological polar surface area (TPSA) is 96.3 Å². The number of furan rings is 1. The molecule has 2 aliphatic heterocycles. The van der Waals surface area contributed by atoms with Crippen molar-refractivity contribution in [2.24, 2.45) is 0 Å². The molecular formula is C16H18N4O3. The maximum Gasteiger partial charge on any atom is 0.270 e. The van der Waals surface area contributed by atoms with Crippen LogP contribution in [-0.4, -0.2) is 34.9 Å². The zero-order chi connectivity index (χ0) is 16.0. The number of anilines is 1. The van der Waals surface area contributed by atoms with Gasteiger partial charge in [-0.1, -0.05) is 0 Å². The molecule has 0 unspecified atom stereocenters. The lowest BCUT2D eigenvalue weighted by Crippen LogP contribution is -2.43. The monoisotopic (exact) mass is 314 g/mol. The normalized spacial score (nSPS) is 25.7. The van der Waals surface area contributed by atoms with Gasteiger partial charge in [-0.05, 0) is 25.3 Å². The summed E-state index contributed by atoms with van der Waals surface area (Å²) in [6.07, 6.45) is 4.80. The maximum absolute atomic E-state index is 12.4. The molecule has 2 aromatic heterocycles. The van der Waals surface area contributed by atoms with Crippen molar-refractivity contribution in [3.8, 4) is 0 Å². The van der Waals surface area contributed by atoms with Gasteiger partial charge < -0.3 is 15.1 Å². The first kappa shape index (κ1) is 14.2. The van der Waals surface area contributed by atoms with Crippen LogP contribution in [0.2, 0.25) is 0 Å². The molecule has 7 nitrogen and oxygen atoms in total. The van der Waals surface area contributed by atoms with Crippen molar-refractivity contribution in [2.75, 3.05) is 5.32 Å². The van der Waals surface area contributed by atoms with Gasteiger partial charge in [0, 0.05) is 36.5 Å². The summed E-state index contributed by atoms with van der Waals surface area (Å²) >= 11 is 0. The van der Waals surface area contributed by atoms with Gasteiger partial charge in [0.05, 0.1) is 6.20 Å². The molecule has 2 amide bonds. The van der Waals surface area contributed by atoms with Gasteiger partial charge in [-0.3, -0.25) is 14.9 Å². The van der Waals surface area contributed by atoms with E-state index in [-0.39, 0.29) is 17.9 Å². The smallest absolute Gasteiger partial charge is 0.270 e. The Kier molecular flexibility index (Phi) is 3.30. The van der Waals surface area contributed by atoms with E-state index in [1.165, 1.54) is 19.5 Å². The van der Waals surface area contributed by atoms with Crippen LogP contribution in [0.3, 0.4) is 0 Å². The predicted octanol–water partition coefficient (Wildman–Crippen LogP) is 1.41. The van der Waals surface area contributed by atoms with Crippen LogP contribution >= 0.6 is 0 Å². The molecule has 2 saturated heterocycles. The highest BCUT2D eigenvalue weighted by Gasteiger charge is 2.39. The molecule has 4 rings (SSSR count). The molecule has 2 fully saturated rings. The SMILES string of the molecule is CC(=O)Nc1cc2cc(C(=O)N[C@@H]3C[C@H]4CC[C@@H]3N4)ncc2o1. The fraction of sp³-hybridized carbons (Fsp3) is 0.438. The summed E-state index contributed by atoms with van der Waals surface area (Å²) in [5.74, 6) is -0.0311. The average molecular weight is 314 g/mol. The van der Waals surface area contributed by atoms with E-state index in [0.29, 0.717) is 29.2 Å². The number of nitrogens with zero attached hydrogens (tertiary/aromatic N) is 1. The number of nitrogens with one attached hydrogen (secondary N) is 3. The van der Waals surface area contributed by atoms with E-state index in [1.807, 2.05) is 0 Å². The number of hydrogen-bond donors (Lipinski definition) is 3. The number of carbonyl (C=O) groups excluding carboxylic acids is 2. The summed E-state index contributed by atoms with van der Waals surface area (Å²) < 4.78 is 5.45. The van der Waals surface area contributed by atoms with Gasteiger partial charge >= 0.3 is 0 Å². The molecule has 3 atom stereocenters. The first-order chi connectivity index (χ1) is 11.1. The molecular weight excluding hydrogens is 296 g/mol. The van der Waals surface area contributed by atoms with Crippen molar-refractivity contribution < 1.29 is 14.0 Å². The Bertz CT molecular complexity index is 785. The Hall–Kier alpha value is -2.41. The highest BCUT2D eigenvalue weighted by molar-refractivity contribution is 5.97. The Labute approximate surface area is 132 Å². The quantitative estimate of drug-likeness (QED) is 0.796. The van der Waals surface area contributed by atoms with E-state index < -0.39 is 0 Å². The molecule has 120 valence electrons. The Balaban J connectivity index is 1.51. The second-order valence-electron chi connectivity index (χ2n) is 6.26. The van der Waals surface area contributed by atoms with E-state index in [2.05, 4.69) is 20.9 Å². The van der Waals surface area contributed by atoms with Gasteiger partial charge in [0.25, 0.3) is 5.91 Å². The van der Waals surface area contributed by atoms with E-state index in [4.69, 9.17) is 4.42 Å². The number of pyridine rings is 1. The van der Waals surface area contributed by atoms with Crippen molar-refractivity contribution in [3.05, 3.63) is 24.0 Å². The Morgan fingerprint density at radius 1 is 1.35 bits per heavy atom. The minimum absolute atomic E-state index is 0.173. The molecule has 0 radical (unpaired) electrons. The van der Waals surface area contributed by atoms with Crippen molar-refractivity contribution in [1.82, 2.24) is 15.6 Å². The number of fused-ring (bicyclic) bond motifs is 3. The molecule has 0 aliphatic carbocycles. The fourth-order valence-corrected chi connectivity index (χ4v) is 3.53. The first-order valence-electron chi connectivity index (χ1n) is 7.82. The molecule has 2 aliphatic rings. The molecule has 0 saturated carbocycles. The lowest BCUT2D eigenvalue weighted by Gasteiger charge is -2.21. The minimum atomic E-state index is -0.209. The lowest BCUT2D eigenvalue weighted by atomic mass is 9.95. The molecule has 3 N–H and O–H groups in total. The van der Waals surface area contributed by atoms with Crippen LogP contribution < -0.4 is 16.0 Å². The Morgan fingerprint density at radius 3 is 2.91 bits per heavy atom. The van der Waals surface area contributed by atoms with Gasteiger partial charge in [-0.2, -0.15) is 0 Å². The lowest BCUT2D eigenvalue weighted by molar-refractivity contribution is -0.114. The molecule has 23 heavy (non-hydrogen) atoms. The summed E-state index contributed by atoms with van der Waals surface area (Å²) in [6.45, 7) is 1.41. The van der Waals surface area contributed by atoms with Crippen molar-refractivity contribution >= 4 is 28.7 Å². The van der Waals surface area contributed by atoms with Gasteiger partial charge in [0.2, 0.25) is 11.8 Å². The van der Waals surface area contributed by atoms with E-state index in [0.717, 1.165) is 18.2 Å². The summed E-state index contributed by atoms with van der Waals surface area (Å²) in [7, 11) is 0. The van der Waals surface area contributed by atoms with Crippen LogP contribution in [0.25, 0.3) is 11.0 Å². The third-order valence-corrected chi connectivity index (χ3v) is 4.55. The van der Waals surface area contributed by atoms with Crippen molar-refractivity contribution in [1.29, 1.82) is 0 Å². The Morgan fingerprint density at radius 2 is 2.22 bits per heavy atom. The summed E-state index contributed by atoms with van der Waals surface area (Å²) in [6, 6.07) is 4.47. The second-order valence-corrected chi connectivity index (χ2v) is 6.26. The first-order valence-corrected chi connectivity index (χ1v) is 7.82. The molecule has 0 spiro atoms. The zero-order valence-electron chi connectivity index (χ0n) is 12.8. The van der Waals surface area contributed by atoms with Crippen LogP contribution in [0.15, 0.2) is 22.7 Å². The molecule has 0 aromatic carbocycles. The largest absolute Gasteiger partial charge is 0.439 e. The molecule has 2 aromatic rings. The summed E-state index contributed by atoms with van der Waals surface area (Å²) in [5, 5.41) is 9.88. The van der Waals surface area contributed by atoms with Crippen LogP contribution in [0.5, 0.6) is 0 Å². The van der Waals surface area contributed by atoms with Crippen molar-refractivity contribution in [2.45, 2.75) is 44.3 Å². The predicted molar refractivity (Wildman–Crippen MR) is 84.1 cm³/mol. The highest BCUT2D eigenvalue weighted by Crippen LogP contribution is 2.28. The van der Waals surface area contributed by atoms with Crippen LogP contribution in [0.1, 0.15) is 36.7 Å². The van der Waals surface area contributed by atoms with E-state index in [1.54, 1.807) is 12.1 Å². The van der Waals surface area contributed by atoms with Gasteiger partial charge in [0.1, 0.15) is 5.69 Å². The third-order valence-electron chi connectivity index (χ3n) is 4.55. The number of rotatable bonds is 3. The van der Waals surface area contributed by atoms with Gasteiger partial charge in [-0.15, -0.1) is 0 Å². The summed E-state index contributed by atoms with van der Waals surface area (Å²) in [4.78, 5) is 27.6. The molecule has 2 bridgehead atoms. The highest BCUT2D eigenvalue weighted by atomic mass is 16.4.